The van der Waals surface area contributed by atoms with Crippen molar-refractivity contribution in [1.29, 1.82) is 0 Å². The first kappa shape index (κ1) is 24.9. The topological polar surface area (TPSA) is 74.2 Å². The fourth-order valence-electron chi connectivity index (χ4n) is 3.92. The number of fused-ring (bicyclic) bond motifs is 1. The van der Waals surface area contributed by atoms with Gasteiger partial charge in [-0.1, -0.05) is 30.3 Å². The van der Waals surface area contributed by atoms with E-state index in [1.54, 1.807) is 36.4 Å². The van der Waals surface area contributed by atoms with Gasteiger partial charge in [0.15, 0.2) is 0 Å². The van der Waals surface area contributed by atoms with Gasteiger partial charge in [0.25, 0.3) is 0 Å². The minimum absolute atomic E-state index is 0.0124. The highest BCUT2D eigenvalue weighted by molar-refractivity contribution is 6.22. The maximum atomic E-state index is 12.9. The van der Waals surface area contributed by atoms with Crippen molar-refractivity contribution in [1.82, 2.24) is 0 Å². The second-order valence-corrected chi connectivity index (χ2v) is 8.87. The molecule has 3 aromatic carbocycles. The van der Waals surface area contributed by atoms with Crippen LogP contribution >= 0.6 is 0 Å². The van der Waals surface area contributed by atoms with E-state index in [0.29, 0.717) is 47.2 Å². The number of carbonyl (C=O) groups excluding carboxylic acids is 1. The molecule has 0 saturated heterocycles. The third-order valence-electron chi connectivity index (χ3n) is 5.73. The fraction of sp³-hybridized carbons (Fsp3) is 0.233. The Labute approximate surface area is 211 Å². The first-order valence-electron chi connectivity index (χ1n) is 11.8. The number of methoxy groups -OCH3 is 1. The highest BCUT2D eigenvalue weighted by atomic mass is 16.5. The summed E-state index contributed by atoms with van der Waals surface area (Å²) in [4.78, 5) is 12.9. The SMILES string of the molecule is CCOc1ccc(/C(=C/c2ccc3c(c2O)C=CC(C)(C)O3)C(=O)OC)c(OCc2ccccc2)c1. The van der Waals surface area contributed by atoms with E-state index in [4.69, 9.17) is 18.9 Å². The van der Waals surface area contributed by atoms with Crippen molar-refractivity contribution in [3.8, 4) is 23.0 Å². The summed E-state index contributed by atoms with van der Waals surface area (Å²) in [5, 5.41) is 11.0. The van der Waals surface area contributed by atoms with E-state index >= 15 is 0 Å². The Balaban J connectivity index is 1.78. The number of hydrogen-bond acceptors (Lipinski definition) is 6. The predicted octanol–water partition coefficient (Wildman–Crippen LogP) is 6.27. The molecule has 6 nitrogen and oxygen atoms in total. The van der Waals surface area contributed by atoms with Gasteiger partial charge >= 0.3 is 5.97 Å². The standard InChI is InChI=1S/C30H30O6/c1-5-34-22-12-13-23(27(18-22)35-19-20-9-7-6-8-10-20)25(29(32)33-4)17-21-11-14-26-24(28(21)31)15-16-30(2,3)36-26/h6-18,31H,5,19H2,1-4H3/b25-17-. The molecule has 1 N–H and O–H groups in total. The van der Waals surface area contributed by atoms with Crippen LogP contribution in [0.25, 0.3) is 17.7 Å². The number of hydrogen-bond donors (Lipinski definition) is 1. The minimum atomic E-state index is -0.561. The van der Waals surface area contributed by atoms with Crippen molar-refractivity contribution in [3.63, 3.8) is 0 Å². The number of ether oxygens (including phenoxy) is 4. The Kier molecular flexibility index (Phi) is 7.34. The largest absolute Gasteiger partial charge is 0.507 e. The summed E-state index contributed by atoms with van der Waals surface area (Å²) in [6.07, 6.45) is 5.31. The van der Waals surface area contributed by atoms with Crippen molar-refractivity contribution in [2.45, 2.75) is 33.0 Å². The average Bonchev–Trinajstić information content (AvgIpc) is 2.87. The van der Waals surface area contributed by atoms with Crippen LogP contribution in [0.3, 0.4) is 0 Å². The van der Waals surface area contributed by atoms with Gasteiger partial charge in [0.2, 0.25) is 0 Å². The lowest BCUT2D eigenvalue weighted by atomic mass is 9.97. The molecule has 1 heterocycles. The molecule has 1 aliphatic rings. The quantitative estimate of drug-likeness (QED) is 0.230. The van der Waals surface area contributed by atoms with Gasteiger partial charge in [0, 0.05) is 17.2 Å². The number of aromatic hydroxyl groups is 1. The first-order chi connectivity index (χ1) is 17.3. The van der Waals surface area contributed by atoms with E-state index in [2.05, 4.69) is 0 Å². The van der Waals surface area contributed by atoms with Crippen LogP contribution in [0.15, 0.2) is 66.7 Å². The first-order valence-corrected chi connectivity index (χ1v) is 11.8. The summed E-state index contributed by atoms with van der Waals surface area (Å²) in [5.41, 5.74) is 2.27. The maximum absolute atomic E-state index is 12.9. The van der Waals surface area contributed by atoms with Gasteiger partial charge in [-0.3, -0.25) is 0 Å². The number of phenols is 1. The van der Waals surface area contributed by atoms with Crippen LogP contribution in [0.5, 0.6) is 23.0 Å². The molecule has 0 amide bonds. The van der Waals surface area contributed by atoms with Gasteiger partial charge in [0.05, 0.1) is 24.9 Å². The van der Waals surface area contributed by atoms with E-state index in [1.165, 1.54) is 7.11 Å². The summed E-state index contributed by atoms with van der Waals surface area (Å²) < 4.78 is 22.9. The summed E-state index contributed by atoms with van der Waals surface area (Å²) in [5.74, 6) is 1.11. The van der Waals surface area contributed by atoms with Crippen molar-refractivity contribution < 1.29 is 28.8 Å². The van der Waals surface area contributed by atoms with Crippen LogP contribution in [0.1, 0.15) is 43.0 Å². The molecule has 6 heteroatoms. The number of esters is 1. The average molecular weight is 487 g/mol. The van der Waals surface area contributed by atoms with Crippen molar-refractivity contribution in [2.24, 2.45) is 0 Å². The number of carbonyl (C=O) groups is 1. The van der Waals surface area contributed by atoms with Gasteiger partial charge in [0.1, 0.15) is 35.2 Å². The number of phenolic OH excluding ortho intramolecular Hbond substituents is 1. The second-order valence-electron chi connectivity index (χ2n) is 8.87. The maximum Gasteiger partial charge on any atom is 0.338 e. The molecule has 0 bridgehead atoms. The van der Waals surface area contributed by atoms with E-state index in [-0.39, 0.29) is 11.3 Å². The van der Waals surface area contributed by atoms with E-state index in [9.17, 15) is 9.90 Å². The van der Waals surface area contributed by atoms with Crippen molar-refractivity contribution >= 4 is 23.7 Å². The molecule has 36 heavy (non-hydrogen) atoms. The molecule has 0 unspecified atom stereocenters. The molecular formula is C30H30O6. The fourth-order valence-corrected chi connectivity index (χ4v) is 3.92. The summed E-state index contributed by atoms with van der Waals surface area (Å²) in [7, 11) is 1.32. The highest BCUT2D eigenvalue weighted by Crippen LogP contribution is 2.40. The Morgan fingerprint density at radius 2 is 1.83 bits per heavy atom. The van der Waals surface area contributed by atoms with Gasteiger partial charge in [-0.25, -0.2) is 4.79 Å². The lowest BCUT2D eigenvalue weighted by Crippen LogP contribution is -2.27. The molecule has 0 saturated carbocycles. The Bertz CT molecular complexity index is 1300. The van der Waals surface area contributed by atoms with Crippen molar-refractivity contribution in [2.75, 3.05) is 13.7 Å². The van der Waals surface area contributed by atoms with E-state index in [1.807, 2.05) is 63.3 Å². The summed E-state index contributed by atoms with van der Waals surface area (Å²) in [6, 6.07) is 18.5. The summed E-state index contributed by atoms with van der Waals surface area (Å²) in [6.45, 7) is 6.58. The predicted molar refractivity (Wildman–Crippen MR) is 140 cm³/mol. The third kappa shape index (κ3) is 5.54. The van der Waals surface area contributed by atoms with Crippen LogP contribution < -0.4 is 14.2 Å². The Hall–Kier alpha value is -4.19. The Morgan fingerprint density at radius 1 is 1.06 bits per heavy atom. The zero-order valence-corrected chi connectivity index (χ0v) is 20.9. The smallest absolute Gasteiger partial charge is 0.338 e. The Morgan fingerprint density at radius 3 is 2.56 bits per heavy atom. The lowest BCUT2D eigenvalue weighted by molar-refractivity contribution is -0.133. The minimum Gasteiger partial charge on any atom is -0.507 e. The monoisotopic (exact) mass is 486 g/mol. The van der Waals surface area contributed by atoms with Crippen LogP contribution in [-0.2, 0) is 16.1 Å². The molecule has 0 spiro atoms. The third-order valence-corrected chi connectivity index (χ3v) is 5.73. The number of benzene rings is 3. The van der Waals surface area contributed by atoms with Crippen LogP contribution in [0.2, 0.25) is 0 Å². The molecule has 1 aliphatic heterocycles. The molecule has 4 rings (SSSR count). The molecule has 0 atom stereocenters. The molecule has 3 aromatic rings. The normalized spacial score (nSPS) is 13.9. The van der Waals surface area contributed by atoms with Gasteiger partial charge in [-0.15, -0.1) is 0 Å². The van der Waals surface area contributed by atoms with Crippen LogP contribution in [0.4, 0.5) is 0 Å². The second kappa shape index (κ2) is 10.6. The highest BCUT2D eigenvalue weighted by Gasteiger charge is 2.25. The van der Waals surface area contributed by atoms with Crippen LogP contribution in [-0.4, -0.2) is 30.4 Å². The zero-order chi connectivity index (χ0) is 25.7. The van der Waals surface area contributed by atoms with Gasteiger partial charge in [-0.05, 0) is 68.8 Å². The van der Waals surface area contributed by atoms with E-state index in [0.717, 1.165) is 5.56 Å². The molecule has 0 aliphatic carbocycles. The van der Waals surface area contributed by atoms with Gasteiger partial charge in [-0.2, -0.15) is 0 Å². The summed E-state index contributed by atoms with van der Waals surface area (Å²) >= 11 is 0. The molecule has 0 radical (unpaired) electrons. The molecular weight excluding hydrogens is 456 g/mol. The zero-order valence-electron chi connectivity index (χ0n) is 20.9. The molecule has 0 fully saturated rings. The van der Waals surface area contributed by atoms with Crippen molar-refractivity contribution in [3.05, 3.63) is 89.0 Å². The number of rotatable bonds is 8. The molecule has 186 valence electrons. The van der Waals surface area contributed by atoms with Crippen LogP contribution in [0, 0.1) is 0 Å². The van der Waals surface area contributed by atoms with E-state index < -0.39 is 11.6 Å². The lowest BCUT2D eigenvalue weighted by Gasteiger charge is -2.28. The molecule has 0 aromatic heterocycles. The van der Waals surface area contributed by atoms with Gasteiger partial charge < -0.3 is 24.1 Å².